The van der Waals surface area contributed by atoms with Crippen LogP contribution in [-0.4, -0.2) is 34.2 Å². The Morgan fingerprint density at radius 1 is 0.971 bits per heavy atom. The predicted molar refractivity (Wildman–Crippen MR) is 135 cm³/mol. The van der Waals surface area contributed by atoms with E-state index in [1.807, 2.05) is 54.1 Å². The lowest BCUT2D eigenvalue weighted by Crippen LogP contribution is -2.15. The first-order valence-corrected chi connectivity index (χ1v) is 11.6. The fourth-order valence-corrected chi connectivity index (χ4v) is 4.15. The topological polar surface area (TPSA) is 85.2 Å². The first-order chi connectivity index (χ1) is 16.5. The normalized spacial score (nSPS) is 10.5. The van der Waals surface area contributed by atoms with E-state index in [1.165, 1.54) is 11.8 Å². The molecule has 0 saturated heterocycles. The summed E-state index contributed by atoms with van der Waals surface area (Å²) < 4.78 is 7.24. The average molecular weight is 473 g/mol. The SMILES string of the molecule is COc1ccccc1NC(=O)c1ccc(NC(=O)CSc2nccn2-c2ccccc2C)cc1. The Morgan fingerprint density at radius 2 is 1.71 bits per heavy atom. The minimum atomic E-state index is -0.263. The molecule has 0 aliphatic carbocycles. The number of aryl methyl sites for hydroxylation is 1. The second-order valence-electron chi connectivity index (χ2n) is 7.43. The van der Waals surface area contributed by atoms with Crippen LogP contribution in [0.3, 0.4) is 0 Å². The van der Waals surface area contributed by atoms with E-state index in [1.54, 1.807) is 49.7 Å². The molecule has 2 N–H and O–H groups in total. The maximum Gasteiger partial charge on any atom is 0.255 e. The molecule has 0 fully saturated rings. The maximum atomic E-state index is 12.6. The molecule has 3 aromatic carbocycles. The van der Waals surface area contributed by atoms with Crippen molar-refractivity contribution < 1.29 is 14.3 Å². The van der Waals surface area contributed by atoms with E-state index in [2.05, 4.69) is 15.6 Å². The van der Waals surface area contributed by atoms with Gasteiger partial charge in [-0.1, -0.05) is 42.1 Å². The molecule has 1 aromatic heterocycles. The third kappa shape index (κ3) is 5.47. The largest absolute Gasteiger partial charge is 0.495 e. The van der Waals surface area contributed by atoms with E-state index in [-0.39, 0.29) is 17.6 Å². The van der Waals surface area contributed by atoms with Crippen LogP contribution in [0.15, 0.2) is 90.3 Å². The van der Waals surface area contributed by atoms with Crippen molar-refractivity contribution in [2.24, 2.45) is 0 Å². The van der Waals surface area contributed by atoms with Gasteiger partial charge in [0.2, 0.25) is 5.91 Å². The summed E-state index contributed by atoms with van der Waals surface area (Å²) in [5.74, 6) is 0.371. The van der Waals surface area contributed by atoms with Gasteiger partial charge in [-0.25, -0.2) is 4.98 Å². The molecule has 34 heavy (non-hydrogen) atoms. The van der Waals surface area contributed by atoms with Crippen LogP contribution in [0.2, 0.25) is 0 Å². The fourth-order valence-electron chi connectivity index (χ4n) is 3.39. The first-order valence-electron chi connectivity index (χ1n) is 10.6. The highest BCUT2D eigenvalue weighted by Crippen LogP contribution is 2.25. The molecule has 0 bridgehead atoms. The summed E-state index contributed by atoms with van der Waals surface area (Å²) in [7, 11) is 1.55. The van der Waals surface area contributed by atoms with Crippen LogP contribution in [0.5, 0.6) is 5.75 Å². The third-order valence-electron chi connectivity index (χ3n) is 5.10. The van der Waals surface area contributed by atoms with Gasteiger partial charge < -0.3 is 15.4 Å². The number of anilines is 2. The molecule has 0 spiro atoms. The van der Waals surface area contributed by atoms with Gasteiger partial charge in [0.05, 0.1) is 24.2 Å². The van der Waals surface area contributed by atoms with Crippen molar-refractivity contribution in [3.63, 3.8) is 0 Å². The van der Waals surface area contributed by atoms with Gasteiger partial charge in [0.25, 0.3) is 5.91 Å². The molecular weight excluding hydrogens is 448 g/mol. The summed E-state index contributed by atoms with van der Waals surface area (Å²) in [5.41, 5.74) is 3.83. The van der Waals surface area contributed by atoms with Crippen molar-refractivity contribution in [2.45, 2.75) is 12.1 Å². The summed E-state index contributed by atoms with van der Waals surface area (Å²) >= 11 is 1.36. The number of carbonyl (C=O) groups is 2. The highest BCUT2D eigenvalue weighted by Gasteiger charge is 2.12. The van der Waals surface area contributed by atoms with Gasteiger partial charge in [0, 0.05) is 23.6 Å². The van der Waals surface area contributed by atoms with Crippen LogP contribution in [0.25, 0.3) is 5.69 Å². The number of nitrogens with zero attached hydrogens (tertiary/aromatic N) is 2. The lowest BCUT2D eigenvalue weighted by atomic mass is 10.2. The zero-order chi connectivity index (χ0) is 23.9. The van der Waals surface area contributed by atoms with Crippen LogP contribution in [0.1, 0.15) is 15.9 Å². The molecule has 172 valence electrons. The minimum absolute atomic E-state index is 0.157. The Labute approximate surface area is 202 Å². The van der Waals surface area contributed by atoms with Gasteiger partial charge in [-0.2, -0.15) is 0 Å². The van der Waals surface area contributed by atoms with Crippen LogP contribution in [0, 0.1) is 6.92 Å². The molecule has 0 saturated carbocycles. The number of nitrogens with one attached hydrogen (secondary N) is 2. The number of benzene rings is 3. The summed E-state index contributed by atoms with van der Waals surface area (Å²) in [6.07, 6.45) is 3.61. The lowest BCUT2D eigenvalue weighted by molar-refractivity contribution is -0.113. The van der Waals surface area contributed by atoms with E-state index < -0.39 is 0 Å². The fraction of sp³-hybridized carbons (Fsp3) is 0.115. The molecule has 0 aliphatic heterocycles. The van der Waals surface area contributed by atoms with E-state index in [0.29, 0.717) is 22.7 Å². The molecule has 4 aromatic rings. The summed E-state index contributed by atoms with van der Waals surface area (Å²) in [6.45, 7) is 2.04. The molecule has 4 rings (SSSR count). The van der Waals surface area contributed by atoms with E-state index >= 15 is 0 Å². The number of imidazole rings is 1. The van der Waals surface area contributed by atoms with E-state index in [0.717, 1.165) is 16.4 Å². The Balaban J connectivity index is 1.34. The van der Waals surface area contributed by atoms with Crippen LogP contribution >= 0.6 is 11.8 Å². The number of ether oxygens (including phenoxy) is 1. The number of amides is 2. The summed E-state index contributed by atoms with van der Waals surface area (Å²) in [4.78, 5) is 29.4. The number of hydrogen-bond donors (Lipinski definition) is 2. The molecule has 0 aliphatic rings. The maximum absolute atomic E-state index is 12.6. The second kappa shape index (κ2) is 10.7. The summed E-state index contributed by atoms with van der Waals surface area (Å²) in [6, 6.07) is 22.0. The van der Waals surface area contributed by atoms with Gasteiger partial charge in [-0.05, 0) is 55.0 Å². The Morgan fingerprint density at radius 3 is 2.47 bits per heavy atom. The molecule has 0 unspecified atom stereocenters. The predicted octanol–water partition coefficient (Wildman–Crippen LogP) is 5.17. The smallest absolute Gasteiger partial charge is 0.255 e. The number of carbonyl (C=O) groups excluding carboxylic acids is 2. The number of aromatic nitrogens is 2. The van der Waals surface area contributed by atoms with Crippen molar-refractivity contribution in [2.75, 3.05) is 23.5 Å². The van der Waals surface area contributed by atoms with Crippen molar-refractivity contribution in [3.05, 3.63) is 96.3 Å². The third-order valence-corrected chi connectivity index (χ3v) is 6.07. The zero-order valence-electron chi connectivity index (χ0n) is 18.8. The molecule has 0 radical (unpaired) electrons. The molecule has 2 amide bonds. The van der Waals surface area contributed by atoms with Gasteiger partial charge in [0.15, 0.2) is 5.16 Å². The van der Waals surface area contributed by atoms with Gasteiger partial charge in [-0.15, -0.1) is 0 Å². The highest BCUT2D eigenvalue weighted by atomic mass is 32.2. The molecular formula is C26H24N4O3S. The standard InChI is InChI=1S/C26H24N4O3S/c1-18-7-3-5-9-22(18)30-16-15-27-26(30)34-17-24(31)28-20-13-11-19(12-14-20)25(32)29-21-8-4-6-10-23(21)33-2/h3-16H,17H2,1-2H3,(H,28,31)(H,29,32). The van der Waals surface area contributed by atoms with Crippen LogP contribution in [-0.2, 0) is 4.79 Å². The highest BCUT2D eigenvalue weighted by molar-refractivity contribution is 7.99. The minimum Gasteiger partial charge on any atom is -0.495 e. The van der Waals surface area contributed by atoms with Crippen LogP contribution in [0.4, 0.5) is 11.4 Å². The number of rotatable bonds is 8. The molecule has 8 heteroatoms. The molecule has 7 nitrogen and oxygen atoms in total. The lowest BCUT2D eigenvalue weighted by Gasteiger charge is -2.11. The van der Waals surface area contributed by atoms with Crippen molar-refractivity contribution in [3.8, 4) is 11.4 Å². The van der Waals surface area contributed by atoms with Crippen molar-refractivity contribution in [1.29, 1.82) is 0 Å². The number of hydrogen-bond acceptors (Lipinski definition) is 5. The average Bonchev–Trinajstić information content (AvgIpc) is 3.32. The van der Waals surface area contributed by atoms with Crippen LogP contribution < -0.4 is 15.4 Å². The number of para-hydroxylation sites is 3. The number of thioether (sulfide) groups is 1. The Bertz CT molecular complexity index is 1300. The molecule has 0 atom stereocenters. The zero-order valence-corrected chi connectivity index (χ0v) is 19.6. The Kier molecular flexibility index (Phi) is 7.29. The van der Waals surface area contributed by atoms with E-state index in [4.69, 9.17) is 4.74 Å². The van der Waals surface area contributed by atoms with Gasteiger partial charge in [-0.3, -0.25) is 14.2 Å². The Hall–Kier alpha value is -4.04. The van der Waals surface area contributed by atoms with E-state index in [9.17, 15) is 9.59 Å². The summed E-state index contributed by atoms with van der Waals surface area (Å²) in [5, 5.41) is 6.44. The number of methoxy groups -OCH3 is 1. The van der Waals surface area contributed by atoms with Crippen molar-refractivity contribution in [1.82, 2.24) is 9.55 Å². The van der Waals surface area contributed by atoms with Gasteiger partial charge >= 0.3 is 0 Å². The first kappa shape index (κ1) is 23.1. The van der Waals surface area contributed by atoms with Gasteiger partial charge in [0.1, 0.15) is 5.75 Å². The quantitative estimate of drug-likeness (QED) is 0.346. The monoisotopic (exact) mass is 472 g/mol. The second-order valence-corrected chi connectivity index (χ2v) is 8.38. The van der Waals surface area contributed by atoms with Crippen molar-refractivity contribution >= 4 is 35.0 Å². The molecule has 1 heterocycles.